The van der Waals surface area contributed by atoms with Crippen molar-refractivity contribution in [2.24, 2.45) is 4.99 Å². The number of thiazole rings is 1. The highest BCUT2D eigenvalue weighted by atomic mass is 127. The fourth-order valence-corrected chi connectivity index (χ4v) is 2.88. The summed E-state index contributed by atoms with van der Waals surface area (Å²) >= 11 is 1.79. The maximum atomic E-state index is 5.01. The summed E-state index contributed by atoms with van der Waals surface area (Å²) in [7, 11) is 3.50. The highest BCUT2D eigenvalue weighted by Crippen LogP contribution is 2.17. The molecule has 1 aromatic heterocycles. The fraction of sp³-hybridized carbons (Fsp3) is 0.714. The molecule has 1 aromatic rings. The number of hydrogen-bond donors (Lipinski definition) is 2. The van der Waals surface area contributed by atoms with Gasteiger partial charge in [-0.25, -0.2) is 4.98 Å². The fourth-order valence-electron chi connectivity index (χ4n) is 1.85. The molecule has 21 heavy (non-hydrogen) atoms. The van der Waals surface area contributed by atoms with Gasteiger partial charge in [0.15, 0.2) is 5.96 Å². The Labute approximate surface area is 149 Å². The molecule has 0 saturated heterocycles. The standard InChI is InChI=1S/C14H26N4OS.HI/c1-5-12-11(2)20-13(18-12)7-9-17-14(15-3)16-8-6-10-19-4;/h5-10H2,1-4H3,(H2,15,16,17);1H. The summed E-state index contributed by atoms with van der Waals surface area (Å²) in [4.78, 5) is 10.2. The summed E-state index contributed by atoms with van der Waals surface area (Å²) in [6.07, 6.45) is 2.92. The molecule has 1 heterocycles. The molecule has 0 aliphatic carbocycles. The number of aromatic nitrogens is 1. The van der Waals surface area contributed by atoms with Crippen molar-refractivity contribution in [1.29, 1.82) is 0 Å². The number of ether oxygens (including phenoxy) is 1. The molecule has 0 radical (unpaired) electrons. The molecule has 2 N–H and O–H groups in total. The van der Waals surface area contributed by atoms with E-state index in [0.29, 0.717) is 0 Å². The van der Waals surface area contributed by atoms with Crippen LogP contribution in [0.4, 0.5) is 0 Å². The predicted octanol–water partition coefficient (Wildman–Crippen LogP) is 2.38. The lowest BCUT2D eigenvalue weighted by atomic mass is 10.3. The van der Waals surface area contributed by atoms with Gasteiger partial charge in [-0.2, -0.15) is 0 Å². The Balaban J connectivity index is 0.00000400. The van der Waals surface area contributed by atoms with E-state index >= 15 is 0 Å². The third kappa shape index (κ3) is 7.96. The third-order valence-electron chi connectivity index (χ3n) is 2.94. The van der Waals surface area contributed by atoms with E-state index < -0.39 is 0 Å². The Bertz CT molecular complexity index is 423. The zero-order chi connectivity index (χ0) is 14.8. The van der Waals surface area contributed by atoms with E-state index in [0.717, 1.165) is 44.9 Å². The van der Waals surface area contributed by atoms with Gasteiger partial charge in [-0.05, 0) is 19.8 Å². The molecular formula is C14H27IN4OS. The van der Waals surface area contributed by atoms with E-state index in [1.807, 2.05) is 0 Å². The maximum absolute atomic E-state index is 5.01. The van der Waals surface area contributed by atoms with Crippen LogP contribution >= 0.6 is 35.3 Å². The molecule has 0 unspecified atom stereocenters. The lowest BCUT2D eigenvalue weighted by molar-refractivity contribution is 0.195. The van der Waals surface area contributed by atoms with Crippen LogP contribution in [0.3, 0.4) is 0 Å². The van der Waals surface area contributed by atoms with Crippen molar-refractivity contribution in [3.05, 3.63) is 15.6 Å². The van der Waals surface area contributed by atoms with E-state index in [9.17, 15) is 0 Å². The van der Waals surface area contributed by atoms with Crippen molar-refractivity contribution in [1.82, 2.24) is 15.6 Å². The number of hydrogen-bond acceptors (Lipinski definition) is 4. The summed E-state index contributed by atoms with van der Waals surface area (Å²) in [5, 5.41) is 7.76. The van der Waals surface area contributed by atoms with Crippen LogP contribution in [-0.4, -0.2) is 44.8 Å². The Hall–Kier alpha value is -0.410. The maximum Gasteiger partial charge on any atom is 0.190 e. The van der Waals surface area contributed by atoms with Crippen LogP contribution in [0.15, 0.2) is 4.99 Å². The van der Waals surface area contributed by atoms with Crippen LogP contribution in [0.2, 0.25) is 0 Å². The molecule has 7 heteroatoms. The number of rotatable bonds is 8. The Kier molecular flexibility index (Phi) is 11.9. The summed E-state index contributed by atoms with van der Waals surface area (Å²) in [5.74, 6) is 0.838. The molecule has 0 fully saturated rings. The number of methoxy groups -OCH3 is 1. The quantitative estimate of drug-likeness (QED) is 0.290. The minimum absolute atomic E-state index is 0. The molecular weight excluding hydrogens is 399 g/mol. The summed E-state index contributed by atoms with van der Waals surface area (Å²) in [6.45, 7) is 6.77. The van der Waals surface area contributed by atoms with E-state index in [4.69, 9.17) is 4.74 Å². The average Bonchev–Trinajstić information content (AvgIpc) is 2.81. The molecule has 0 spiro atoms. The largest absolute Gasteiger partial charge is 0.385 e. The SMILES string of the molecule is CCc1nc(CCNC(=NC)NCCCOC)sc1C.I. The van der Waals surface area contributed by atoms with E-state index in [1.54, 1.807) is 25.5 Å². The monoisotopic (exact) mass is 426 g/mol. The smallest absolute Gasteiger partial charge is 0.190 e. The number of aryl methyl sites for hydroxylation is 2. The van der Waals surface area contributed by atoms with E-state index in [2.05, 4.69) is 34.5 Å². The molecule has 0 aliphatic heterocycles. The molecule has 1 rings (SSSR count). The molecule has 122 valence electrons. The lowest BCUT2D eigenvalue weighted by Crippen LogP contribution is -2.39. The highest BCUT2D eigenvalue weighted by Gasteiger charge is 2.05. The summed E-state index contributed by atoms with van der Waals surface area (Å²) in [6, 6.07) is 0. The van der Waals surface area contributed by atoms with Crippen molar-refractivity contribution in [3.8, 4) is 0 Å². The van der Waals surface area contributed by atoms with Gasteiger partial charge in [-0.1, -0.05) is 6.92 Å². The molecule has 0 aromatic carbocycles. The molecule has 0 amide bonds. The molecule has 0 bridgehead atoms. The third-order valence-corrected chi connectivity index (χ3v) is 4.02. The van der Waals surface area contributed by atoms with Crippen molar-refractivity contribution in [2.75, 3.05) is 33.9 Å². The highest BCUT2D eigenvalue weighted by molar-refractivity contribution is 14.0. The Morgan fingerprint density at radius 1 is 1.33 bits per heavy atom. The van der Waals surface area contributed by atoms with Crippen molar-refractivity contribution >= 4 is 41.3 Å². The average molecular weight is 426 g/mol. The molecule has 0 atom stereocenters. The first-order valence-corrected chi connectivity index (χ1v) is 7.91. The van der Waals surface area contributed by atoms with Gasteiger partial charge in [0.1, 0.15) is 0 Å². The van der Waals surface area contributed by atoms with Crippen LogP contribution in [-0.2, 0) is 17.6 Å². The zero-order valence-electron chi connectivity index (χ0n) is 13.4. The van der Waals surface area contributed by atoms with Crippen molar-refractivity contribution < 1.29 is 4.74 Å². The van der Waals surface area contributed by atoms with Gasteiger partial charge in [0.25, 0.3) is 0 Å². The van der Waals surface area contributed by atoms with Crippen molar-refractivity contribution in [3.63, 3.8) is 0 Å². The topological polar surface area (TPSA) is 58.5 Å². The van der Waals surface area contributed by atoms with E-state index in [1.165, 1.54) is 15.6 Å². The normalized spacial score (nSPS) is 11.1. The predicted molar refractivity (Wildman–Crippen MR) is 101 cm³/mol. The van der Waals surface area contributed by atoms with Gasteiger partial charge >= 0.3 is 0 Å². The van der Waals surface area contributed by atoms with E-state index in [-0.39, 0.29) is 24.0 Å². The molecule has 5 nitrogen and oxygen atoms in total. The second-order valence-corrected chi connectivity index (χ2v) is 5.77. The van der Waals surface area contributed by atoms with Crippen LogP contribution in [0.5, 0.6) is 0 Å². The Morgan fingerprint density at radius 3 is 2.62 bits per heavy atom. The first kappa shape index (κ1) is 20.6. The second kappa shape index (κ2) is 12.2. The van der Waals surface area contributed by atoms with Crippen LogP contribution < -0.4 is 10.6 Å². The zero-order valence-corrected chi connectivity index (χ0v) is 16.5. The minimum Gasteiger partial charge on any atom is -0.385 e. The molecule has 0 saturated carbocycles. The number of nitrogens with one attached hydrogen (secondary N) is 2. The van der Waals surface area contributed by atoms with Crippen LogP contribution in [0, 0.1) is 6.92 Å². The first-order valence-electron chi connectivity index (χ1n) is 7.09. The Morgan fingerprint density at radius 2 is 2.05 bits per heavy atom. The van der Waals surface area contributed by atoms with Gasteiger partial charge < -0.3 is 15.4 Å². The number of guanidine groups is 1. The second-order valence-electron chi connectivity index (χ2n) is 4.49. The van der Waals surface area contributed by atoms with Gasteiger partial charge in [-0.3, -0.25) is 4.99 Å². The number of halogens is 1. The van der Waals surface area contributed by atoms with Gasteiger partial charge in [0, 0.05) is 45.2 Å². The minimum atomic E-state index is 0. The number of nitrogens with zero attached hydrogens (tertiary/aromatic N) is 2. The van der Waals surface area contributed by atoms with Crippen LogP contribution in [0.1, 0.15) is 28.9 Å². The van der Waals surface area contributed by atoms with Crippen LogP contribution in [0.25, 0.3) is 0 Å². The molecule has 0 aliphatic rings. The lowest BCUT2D eigenvalue weighted by Gasteiger charge is -2.10. The first-order chi connectivity index (χ1) is 9.71. The van der Waals surface area contributed by atoms with Gasteiger partial charge in [-0.15, -0.1) is 35.3 Å². The van der Waals surface area contributed by atoms with Crippen molar-refractivity contribution in [2.45, 2.75) is 33.1 Å². The summed E-state index contributed by atoms with van der Waals surface area (Å²) in [5.41, 5.74) is 1.23. The van der Waals surface area contributed by atoms with Gasteiger partial charge in [0.2, 0.25) is 0 Å². The summed E-state index contributed by atoms with van der Waals surface area (Å²) < 4.78 is 5.01. The van der Waals surface area contributed by atoms with Gasteiger partial charge in [0.05, 0.1) is 10.7 Å². The number of aliphatic imine (C=N–C) groups is 1.